The van der Waals surface area contributed by atoms with E-state index >= 15 is 0 Å². The van der Waals surface area contributed by atoms with E-state index in [0.717, 1.165) is 12.8 Å². The Morgan fingerprint density at radius 2 is 1.75 bits per heavy atom. The van der Waals surface area contributed by atoms with Crippen molar-refractivity contribution in [2.45, 2.75) is 35.6 Å². The molecule has 0 aliphatic heterocycles. The van der Waals surface area contributed by atoms with Crippen LogP contribution in [0.2, 0.25) is 0 Å². The first kappa shape index (κ1) is 10.6. The highest BCUT2D eigenvalue weighted by Gasteiger charge is 2.29. The van der Waals surface area contributed by atoms with Crippen molar-refractivity contribution in [3.05, 3.63) is 11.6 Å². The Hall–Kier alpha value is 0.570. The summed E-state index contributed by atoms with van der Waals surface area (Å²) < 4.78 is -1.59. The molecule has 0 heterocycles. The van der Waals surface area contributed by atoms with Crippen LogP contribution in [0, 0.1) is 0 Å². The van der Waals surface area contributed by atoms with E-state index in [4.69, 9.17) is 34.8 Å². The largest absolute Gasteiger partial charge is 0.385 e. The lowest BCUT2D eigenvalue weighted by Gasteiger charge is -2.15. The minimum Gasteiger partial charge on any atom is -0.385 e. The summed E-state index contributed by atoms with van der Waals surface area (Å²) in [4.78, 5) is 0. The summed E-state index contributed by atoms with van der Waals surface area (Å²) in [6, 6.07) is 0. The molecule has 0 aromatic heterocycles. The van der Waals surface area contributed by atoms with E-state index < -0.39 is 9.90 Å². The fourth-order valence-corrected chi connectivity index (χ4v) is 1.50. The molecule has 12 heavy (non-hydrogen) atoms. The number of halogens is 3. The van der Waals surface area contributed by atoms with Crippen LogP contribution in [0.5, 0.6) is 0 Å². The summed E-state index contributed by atoms with van der Waals surface area (Å²) >= 11 is 16.5. The average molecular weight is 230 g/mol. The summed E-state index contributed by atoms with van der Waals surface area (Å²) in [5.74, 6) is 0. The summed E-state index contributed by atoms with van der Waals surface area (Å²) in [5.41, 5.74) is 1.20. The molecule has 1 aliphatic carbocycles. The first-order chi connectivity index (χ1) is 5.50. The number of allylic oxidation sites excluding steroid dienone is 1. The lowest BCUT2D eigenvalue weighted by atomic mass is 10.2. The fraction of sp³-hybridized carbons (Fsp3) is 0.750. The van der Waals surface area contributed by atoms with Crippen molar-refractivity contribution in [2.24, 2.45) is 0 Å². The van der Waals surface area contributed by atoms with Crippen molar-refractivity contribution in [1.29, 1.82) is 0 Å². The summed E-state index contributed by atoms with van der Waals surface area (Å²) in [7, 11) is 0. The molecule has 0 radical (unpaired) electrons. The quantitative estimate of drug-likeness (QED) is 0.541. The molecule has 0 aromatic rings. The Bertz CT molecular complexity index is 175. The number of hydrogen-bond acceptors (Lipinski definition) is 1. The fourth-order valence-electron chi connectivity index (χ4n) is 1.31. The van der Waals surface area contributed by atoms with Crippen molar-refractivity contribution in [3.8, 4) is 0 Å². The van der Waals surface area contributed by atoms with Crippen LogP contribution in [0.1, 0.15) is 25.7 Å². The van der Waals surface area contributed by atoms with E-state index in [2.05, 4.69) is 0 Å². The second-order valence-corrected chi connectivity index (χ2v) is 5.39. The van der Waals surface area contributed by atoms with Gasteiger partial charge in [0.15, 0.2) is 0 Å². The number of rotatable bonds is 1. The van der Waals surface area contributed by atoms with Gasteiger partial charge < -0.3 is 5.11 Å². The minimum absolute atomic E-state index is 0.976. The average Bonchev–Trinajstić information content (AvgIpc) is 2.37. The Labute approximate surface area is 87.3 Å². The van der Waals surface area contributed by atoms with E-state index in [1.807, 2.05) is 0 Å². The number of alkyl halides is 3. The van der Waals surface area contributed by atoms with Crippen LogP contribution in [0.25, 0.3) is 0 Å². The summed E-state index contributed by atoms with van der Waals surface area (Å²) in [5, 5.41) is 9.37. The zero-order valence-electron chi connectivity index (χ0n) is 6.56. The second-order valence-electron chi connectivity index (χ2n) is 3.02. The number of aliphatic hydroxyl groups excluding tert-OH is 1. The first-order valence-electron chi connectivity index (χ1n) is 3.94. The maximum atomic E-state index is 9.37. The van der Waals surface area contributed by atoms with Crippen LogP contribution in [0.3, 0.4) is 0 Å². The Morgan fingerprint density at radius 1 is 1.25 bits per heavy atom. The lowest BCUT2D eigenvalue weighted by Crippen LogP contribution is -2.22. The van der Waals surface area contributed by atoms with Crippen molar-refractivity contribution >= 4 is 34.8 Å². The van der Waals surface area contributed by atoms with Gasteiger partial charge in [-0.1, -0.05) is 46.5 Å². The molecule has 0 unspecified atom stereocenters. The van der Waals surface area contributed by atoms with Crippen LogP contribution >= 0.6 is 34.8 Å². The van der Waals surface area contributed by atoms with Crippen molar-refractivity contribution in [3.63, 3.8) is 0 Å². The van der Waals surface area contributed by atoms with Crippen molar-refractivity contribution in [2.75, 3.05) is 0 Å². The third-order valence-corrected chi connectivity index (χ3v) is 2.65. The first-order valence-corrected chi connectivity index (χ1v) is 5.08. The number of aliphatic hydroxyl groups is 1. The Kier molecular flexibility index (Phi) is 3.72. The summed E-state index contributed by atoms with van der Waals surface area (Å²) in [6.45, 7) is 0. The molecule has 0 aromatic carbocycles. The molecule has 0 saturated heterocycles. The zero-order chi connectivity index (χ0) is 9.19. The van der Waals surface area contributed by atoms with Gasteiger partial charge in [-0.25, -0.2) is 0 Å². The highest BCUT2D eigenvalue weighted by atomic mass is 35.6. The van der Waals surface area contributed by atoms with Gasteiger partial charge in [-0.2, -0.15) is 0 Å². The predicted octanol–water partition coefficient (Wildman–Crippen LogP) is 3.22. The smallest absolute Gasteiger partial charge is 0.219 e. The van der Waals surface area contributed by atoms with Gasteiger partial charge in [-0.3, -0.25) is 0 Å². The van der Waals surface area contributed by atoms with Crippen LogP contribution in [-0.4, -0.2) is 15.0 Å². The van der Waals surface area contributed by atoms with Crippen LogP contribution < -0.4 is 0 Å². The van der Waals surface area contributed by atoms with Gasteiger partial charge >= 0.3 is 0 Å². The maximum absolute atomic E-state index is 9.37. The van der Waals surface area contributed by atoms with Gasteiger partial charge in [0.25, 0.3) is 0 Å². The predicted molar refractivity (Wildman–Crippen MR) is 52.8 cm³/mol. The van der Waals surface area contributed by atoms with E-state index in [1.54, 1.807) is 6.08 Å². The van der Waals surface area contributed by atoms with Crippen molar-refractivity contribution < 1.29 is 5.11 Å². The maximum Gasteiger partial charge on any atom is 0.219 e. The zero-order valence-corrected chi connectivity index (χ0v) is 8.83. The van der Waals surface area contributed by atoms with Gasteiger partial charge in [0.05, 0.1) is 0 Å². The topological polar surface area (TPSA) is 20.2 Å². The SMILES string of the molecule is O[C@H](C=C1CCCC1)C(Cl)(Cl)Cl. The normalized spacial score (nSPS) is 21.2. The van der Waals surface area contributed by atoms with Gasteiger partial charge in [0.2, 0.25) is 3.79 Å². The molecule has 70 valence electrons. The highest BCUT2D eigenvalue weighted by Crippen LogP contribution is 2.33. The highest BCUT2D eigenvalue weighted by molar-refractivity contribution is 6.68. The molecule has 4 heteroatoms. The van der Waals surface area contributed by atoms with Gasteiger partial charge in [0.1, 0.15) is 6.10 Å². The number of hydrogen-bond donors (Lipinski definition) is 1. The standard InChI is InChI=1S/C8H11Cl3O/c9-8(10,11)7(12)5-6-3-1-2-4-6/h5,7,12H,1-4H2/t7-/m1/s1. The molecule has 0 amide bonds. The molecule has 1 saturated carbocycles. The molecule has 0 bridgehead atoms. The molecule has 1 nitrogen and oxygen atoms in total. The summed E-state index contributed by atoms with van der Waals surface area (Å²) in [6.07, 6.45) is 5.10. The monoisotopic (exact) mass is 228 g/mol. The molecule has 1 rings (SSSR count). The van der Waals surface area contributed by atoms with Gasteiger partial charge in [-0.15, -0.1) is 0 Å². The van der Waals surface area contributed by atoms with Crippen LogP contribution in [0.4, 0.5) is 0 Å². The van der Waals surface area contributed by atoms with Gasteiger partial charge in [-0.05, 0) is 25.7 Å². The van der Waals surface area contributed by atoms with Crippen LogP contribution in [-0.2, 0) is 0 Å². The lowest BCUT2D eigenvalue weighted by molar-refractivity contribution is 0.226. The van der Waals surface area contributed by atoms with E-state index in [-0.39, 0.29) is 0 Å². The van der Waals surface area contributed by atoms with E-state index in [0.29, 0.717) is 0 Å². The molecule has 1 fully saturated rings. The minimum atomic E-state index is -1.59. The molecule has 1 N–H and O–H groups in total. The molecule has 1 aliphatic rings. The van der Waals surface area contributed by atoms with Gasteiger partial charge in [0, 0.05) is 0 Å². The van der Waals surface area contributed by atoms with E-state index in [1.165, 1.54) is 18.4 Å². The Balaban J connectivity index is 2.54. The third-order valence-electron chi connectivity index (χ3n) is 1.97. The van der Waals surface area contributed by atoms with Crippen LogP contribution in [0.15, 0.2) is 11.6 Å². The molecule has 0 spiro atoms. The second kappa shape index (κ2) is 4.19. The Morgan fingerprint density at radius 3 is 2.17 bits per heavy atom. The molecule has 1 atom stereocenters. The molecular weight excluding hydrogens is 218 g/mol. The molecular formula is C8H11Cl3O. The van der Waals surface area contributed by atoms with E-state index in [9.17, 15) is 5.11 Å². The van der Waals surface area contributed by atoms with Crippen molar-refractivity contribution in [1.82, 2.24) is 0 Å². The third kappa shape index (κ3) is 3.14.